The standard InChI is InChI=1S/C29H19Cl2N3O/c1-3-5-8-19(4-2)34-23-10-7-6-9-20(23)21-15-17(11-13-24(21)34)18-12-14-25-22(16-18)26-27(35-25)28(30)33-29(31)32-26/h3-16H,1H2,2H3/b8-5-,19-4+. The number of hydrogen-bond donors (Lipinski definition) is 0. The highest BCUT2D eigenvalue weighted by Crippen LogP contribution is 2.37. The van der Waals surface area contributed by atoms with E-state index in [9.17, 15) is 0 Å². The summed E-state index contributed by atoms with van der Waals surface area (Å²) in [6, 6.07) is 21.0. The minimum absolute atomic E-state index is 0.0927. The molecule has 6 aromatic rings. The Morgan fingerprint density at radius 1 is 0.914 bits per heavy atom. The molecule has 6 heteroatoms. The molecular weight excluding hydrogens is 477 g/mol. The molecule has 0 unspecified atom stereocenters. The maximum atomic E-state index is 6.24. The molecule has 35 heavy (non-hydrogen) atoms. The molecule has 0 aliphatic carbocycles. The van der Waals surface area contributed by atoms with Crippen LogP contribution in [0.2, 0.25) is 10.4 Å². The molecule has 3 aromatic heterocycles. The highest BCUT2D eigenvalue weighted by atomic mass is 35.5. The van der Waals surface area contributed by atoms with Crippen LogP contribution in [0.1, 0.15) is 6.92 Å². The highest BCUT2D eigenvalue weighted by molar-refractivity contribution is 6.36. The van der Waals surface area contributed by atoms with E-state index >= 15 is 0 Å². The van der Waals surface area contributed by atoms with Gasteiger partial charge in [-0.1, -0.05) is 66.7 Å². The molecule has 4 nitrogen and oxygen atoms in total. The second-order valence-electron chi connectivity index (χ2n) is 8.17. The van der Waals surface area contributed by atoms with E-state index in [0.717, 1.165) is 33.2 Å². The summed E-state index contributed by atoms with van der Waals surface area (Å²) in [6.45, 7) is 5.86. The van der Waals surface area contributed by atoms with Gasteiger partial charge in [0.15, 0.2) is 10.7 Å². The lowest BCUT2D eigenvalue weighted by atomic mass is 10.0. The van der Waals surface area contributed by atoms with E-state index in [1.54, 1.807) is 6.08 Å². The first-order valence-corrected chi connectivity index (χ1v) is 11.9. The van der Waals surface area contributed by atoms with Crippen molar-refractivity contribution in [1.29, 1.82) is 0 Å². The Morgan fingerprint density at radius 3 is 2.46 bits per heavy atom. The van der Waals surface area contributed by atoms with Gasteiger partial charge in [0.1, 0.15) is 11.1 Å². The molecule has 3 aromatic carbocycles. The molecule has 0 amide bonds. The quantitative estimate of drug-likeness (QED) is 0.139. The molecule has 0 aliphatic heterocycles. The van der Waals surface area contributed by atoms with Crippen LogP contribution in [0.3, 0.4) is 0 Å². The van der Waals surface area contributed by atoms with Crippen LogP contribution in [-0.4, -0.2) is 14.5 Å². The Labute approximate surface area is 211 Å². The van der Waals surface area contributed by atoms with Crippen molar-refractivity contribution in [3.05, 3.63) is 102 Å². The number of nitrogens with zero attached hydrogens (tertiary/aromatic N) is 3. The molecule has 170 valence electrons. The van der Waals surface area contributed by atoms with E-state index < -0.39 is 0 Å². The number of aromatic nitrogens is 3. The number of allylic oxidation sites excluding steroid dienone is 5. The lowest BCUT2D eigenvalue weighted by Gasteiger charge is -2.09. The van der Waals surface area contributed by atoms with Gasteiger partial charge in [-0.15, -0.1) is 0 Å². The largest absolute Gasteiger partial charge is 0.451 e. The highest BCUT2D eigenvalue weighted by Gasteiger charge is 2.16. The summed E-state index contributed by atoms with van der Waals surface area (Å²) in [4.78, 5) is 8.35. The van der Waals surface area contributed by atoms with Gasteiger partial charge >= 0.3 is 0 Å². The van der Waals surface area contributed by atoms with Crippen molar-refractivity contribution in [3.63, 3.8) is 0 Å². The summed E-state index contributed by atoms with van der Waals surface area (Å²) in [5.41, 5.74) is 7.24. The van der Waals surface area contributed by atoms with Crippen molar-refractivity contribution < 1.29 is 4.42 Å². The fraction of sp³-hybridized carbons (Fsp3) is 0.0345. The minimum atomic E-state index is 0.0927. The zero-order chi connectivity index (χ0) is 24.1. The van der Waals surface area contributed by atoms with Crippen LogP contribution in [-0.2, 0) is 0 Å². The zero-order valence-corrected chi connectivity index (χ0v) is 20.3. The van der Waals surface area contributed by atoms with Crippen LogP contribution in [0.25, 0.3) is 60.7 Å². The predicted molar refractivity (Wildman–Crippen MR) is 147 cm³/mol. The summed E-state index contributed by atoms with van der Waals surface area (Å²) < 4.78 is 8.17. The number of furan rings is 1. The van der Waals surface area contributed by atoms with Gasteiger partial charge in [0.25, 0.3) is 0 Å². The second-order valence-corrected chi connectivity index (χ2v) is 8.86. The summed E-state index contributed by atoms with van der Waals surface area (Å²) in [5, 5.41) is 3.51. The number of rotatable bonds is 4. The monoisotopic (exact) mass is 495 g/mol. The maximum absolute atomic E-state index is 6.24. The average Bonchev–Trinajstić information content (AvgIpc) is 3.40. The van der Waals surface area contributed by atoms with E-state index in [0.29, 0.717) is 16.7 Å². The van der Waals surface area contributed by atoms with Crippen LogP contribution >= 0.6 is 23.2 Å². The van der Waals surface area contributed by atoms with Gasteiger partial charge in [0.2, 0.25) is 5.28 Å². The van der Waals surface area contributed by atoms with Crippen LogP contribution in [0, 0.1) is 0 Å². The number of benzene rings is 3. The topological polar surface area (TPSA) is 43.9 Å². The van der Waals surface area contributed by atoms with Crippen molar-refractivity contribution in [2.45, 2.75) is 6.92 Å². The van der Waals surface area contributed by atoms with Crippen LogP contribution in [0.15, 0.2) is 96.0 Å². The van der Waals surface area contributed by atoms with E-state index in [-0.39, 0.29) is 10.4 Å². The fourth-order valence-corrected chi connectivity index (χ4v) is 5.08. The number of para-hydroxylation sites is 1. The molecule has 0 spiro atoms. The molecule has 0 saturated heterocycles. The average molecular weight is 496 g/mol. The zero-order valence-electron chi connectivity index (χ0n) is 18.8. The van der Waals surface area contributed by atoms with Gasteiger partial charge in [0.05, 0.1) is 11.0 Å². The predicted octanol–water partition coefficient (Wildman–Crippen LogP) is 9.06. The molecule has 0 radical (unpaired) electrons. The van der Waals surface area contributed by atoms with E-state index in [1.807, 2.05) is 25.1 Å². The summed E-state index contributed by atoms with van der Waals surface area (Å²) >= 11 is 12.3. The summed E-state index contributed by atoms with van der Waals surface area (Å²) in [7, 11) is 0. The number of halogens is 2. The van der Waals surface area contributed by atoms with Crippen molar-refractivity contribution in [2.24, 2.45) is 0 Å². The number of fused-ring (bicyclic) bond motifs is 6. The first kappa shape index (κ1) is 21.7. The molecular formula is C29H19Cl2N3O. The molecule has 0 aliphatic rings. The third kappa shape index (κ3) is 3.45. The summed E-state index contributed by atoms with van der Waals surface area (Å²) in [6.07, 6.45) is 7.92. The first-order chi connectivity index (χ1) is 17.1. The Morgan fingerprint density at radius 2 is 1.66 bits per heavy atom. The molecule has 0 bridgehead atoms. The Bertz CT molecular complexity index is 1860. The van der Waals surface area contributed by atoms with Crippen molar-refractivity contribution in [3.8, 4) is 11.1 Å². The van der Waals surface area contributed by atoms with Crippen molar-refractivity contribution >= 4 is 72.8 Å². The molecule has 6 rings (SSSR count). The molecule has 0 fully saturated rings. The Kier molecular flexibility index (Phi) is 5.21. The third-order valence-corrected chi connectivity index (χ3v) is 6.63. The van der Waals surface area contributed by atoms with Crippen LogP contribution in [0.5, 0.6) is 0 Å². The molecule has 0 N–H and O–H groups in total. The lowest BCUT2D eigenvalue weighted by molar-refractivity contribution is 0.666. The van der Waals surface area contributed by atoms with Gasteiger partial charge in [-0.25, -0.2) is 9.97 Å². The fourth-order valence-electron chi connectivity index (χ4n) is 4.66. The third-order valence-electron chi connectivity index (χ3n) is 6.21. The van der Waals surface area contributed by atoms with Crippen LogP contribution in [0.4, 0.5) is 0 Å². The SMILES string of the molecule is C=C/C=C\C(=C/C)n1c2ccccc2c2cc(-c3ccc4oc5c(Cl)nc(Cl)nc5c4c3)ccc21. The van der Waals surface area contributed by atoms with E-state index in [1.165, 1.54) is 10.8 Å². The van der Waals surface area contributed by atoms with Crippen LogP contribution < -0.4 is 0 Å². The van der Waals surface area contributed by atoms with Gasteiger partial charge in [-0.05, 0) is 66.1 Å². The maximum Gasteiger partial charge on any atom is 0.224 e. The Hall–Kier alpha value is -3.86. The van der Waals surface area contributed by atoms with Gasteiger partial charge < -0.3 is 8.98 Å². The van der Waals surface area contributed by atoms with Gasteiger partial charge in [0, 0.05) is 21.9 Å². The normalized spacial score (nSPS) is 12.6. The minimum Gasteiger partial charge on any atom is -0.451 e. The second kappa shape index (κ2) is 8.42. The van der Waals surface area contributed by atoms with Gasteiger partial charge in [-0.3, -0.25) is 0 Å². The van der Waals surface area contributed by atoms with Gasteiger partial charge in [-0.2, -0.15) is 0 Å². The Balaban J connectivity index is 1.59. The van der Waals surface area contributed by atoms with E-state index in [4.69, 9.17) is 27.6 Å². The molecule has 3 heterocycles. The smallest absolute Gasteiger partial charge is 0.224 e. The summed E-state index contributed by atoms with van der Waals surface area (Å²) in [5.74, 6) is 0. The van der Waals surface area contributed by atoms with Crippen molar-refractivity contribution in [2.75, 3.05) is 0 Å². The van der Waals surface area contributed by atoms with E-state index in [2.05, 4.69) is 81.8 Å². The number of hydrogen-bond acceptors (Lipinski definition) is 3. The first-order valence-electron chi connectivity index (χ1n) is 11.1. The molecule has 0 atom stereocenters. The molecule has 0 saturated carbocycles. The lowest BCUT2D eigenvalue weighted by Crippen LogP contribution is -1.94. The van der Waals surface area contributed by atoms with Crippen molar-refractivity contribution in [1.82, 2.24) is 14.5 Å².